The van der Waals surface area contributed by atoms with Gasteiger partial charge in [0, 0.05) is 6.20 Å². The number of amides is 1. The maximum absolute atomic E-state index is 12.3. The molecule has 0 unspecified atom stereocenters. The Kier molecular flexibility index (Phi) is 4.92. The molecule has 120 valence electrons. The molecule has 4 heteroatoms. The van der Waals surface area contributed by atoms with Crippen molar-refractivity contribution in [3.05, 3.63) is 89.2 Å². The van der Waals surface area contributed by atoms with Gasteiger partial charge in [0.05, 0.1) is 11.6 Å². The minimum atomic E-state index is -0.229. The minimum Gasteiger partial charge on any atom is -0.345 e. The van der Waals surface area contributed by atoms with E-state index in [9.17, 15) is 4.79 Å². The van der Waals surface area contributed by atoms with Crippen molar-refractivity contribution < 1.29 is 4.79 Å². The molecule has 1 atom stereocenters. The highest BCUT2D eigenvalue weighted by molar-refractivity contribution is 6.32. The Morgan fingerprint density at radius 1 is 0.958 bits per heavy atom. The van der Waals surface area contributed by atoms with Crippen LogP contribution in [0.1, 0.15) is 28.9 Å². The van der Waals surface area contributed by atoms with Gasteiger partial charge in [0.1, 0.15) is 5.15 Å². The number of nitrogens with zero attached hydrogens (tertiary/aromatic N) is 1. The first kappa shape index (κ1) is 16.2. The summed E-state index contributed by atoms with van der Waals surface area (Å²) in [5.41, 5.74) is 3.73. The zero-order valence-electron chi connectivity index (χ0n) is 13.2. The lowest BCUT2D eigenvalue weighted by Gasteiger charge is -2.15. The largest absolute Gasteiger partial charge is 0.345 e. The molecular formula is C20H17ClN2O. The molecule has 1 aromatic heterocycles. The van der Waals surface area contributed by atoms with E-state index in [1.54, 1.807) is 18.3 Å². The van der Waals surface area contributed by atoms with E-state index < -0.39 is 0 Å². The number of benzene rings is 2. The first-order chi connectivity index (χ1) is 11.6. The first-order valence-electron chi connectivity index (χ1n) is 7.72. The molecule has 0 radical (unpaired) electrons. The second kappa shape index (κ2) is 7.28. The average Bonchev–Trinajstić information content (AvgIpc) is 2.63. The van der Waals surface area contributed by atoms with Crippen molar-refractivity contribution in [1.29, 1.82) is 0 Å². The Hall–Kier alpha value is -2.65. The fourth-order valence-corrected chi connectivity index (χ4v) is 2.71. The van der Waals surface area contributed by atoms with Gasteiger partial charge in [-0.15, -0.1) is 0 Å². The number of pyridine rings is 1. The van der Waals surface area contributed by atoms with Crippen LogP contribution in [0.25, 0.3) is 11.1 Å². The number of nitrogens with one attached hydrogen (secondary N) is 1. The van der Waals surface area contributed by atoms with Crippen LogP contribution in [0.4, 0.5) is 0 Å². The fourth-order valence-electron chi connectivity index (χ4n) is 2.51. The van der Waals surface area contributed by atoms with Gasteiger partial charge in [-0.3, -0.25) is 4.79 Å². The summed E-state index contributed by atoms with van der Waals surface area (Å²) in [6.45, 7) is 1.94. The van der Waals surface area contributed by atoms with Gasteiger partial charge in [0.2, 0.25) is 0 Å². The summed E-state index contributed by atoms with van der Waals surface area (Å²) in [6.07, 6.45) is 1.56. The zero-order chi connectivity index (χ0) is 16.9. The molecule has 1 amide bonds. The second-order valence-corrected chi connectivity index (χ2v) is 5.88. The lowest BCUT2D eigenvalue weighted by atomic mass is 10.0. The molecule has 0 spiro atoms. The molecule has 3 nitrogen and oxygen atoms in total. The van der Waals surface area contributed by atoms with E-state index in [0.717, 1.165) is 11.1 Å². The molecule has 2 aromatic carbocycles. The van der Waals surface area contributed by atoms with Crippen LogP contribution >= 0.6 is 11.6 Å². The number of carbonyl (C=O) groups is 1. The predicted octanol–water partition coefficient (Wildman–Crippen LogP) is 4.89. The molecule has 1 heterocycles. The van der Waals surface area contributed by atoms with Gasteiger partial charge in [-0.05, 0) is 35.7 Å². The average molecular weight is 337 g/mol. The number of hydrogen-bond acceptors (Lipinski definition) is 2. The number of halogens is 1. The van der Waals surface area contributed by atoms with Gasteiger partial charge in [0.25, 0.3) is 5.91 Å². The van der Waals surface area contributed by atoms with Crippen molar-refractivity contribution in [1.82, 2.24) is 10.3 Å². The van der Waals surface area contributed by atoms with Crippen molar-refractivity contribution >= 4 is 17.5 Å². The van der Waals surface area contributed by atoms with E-state index in [0.29, 0.717) is 5.56 Å². The summed E-state index contributed by atoms with van der Waals surface area (Å²) >= 11 is 5.97. The van der Waals surface area contributed by atoms with Crippen molar-refractivity contribution in [2.75, 3.05) is 0 Å². The molecule has 0 saturated carbocycles. The van der Waals surface area contributed by atoms with Crippen molar-refractivity contribution in [2.45, 2.75) is 13.0 Å². The van der Waals surface area contributed by atoms with Gasteiger partial charge >= 0.3 is 0 Å². The number of rotatable bonds is 4. The van der Waals surface area contributed by atoms with Crippen LogP contribution in [-0.4, -0.2) is 10.9 Å². The quantitative estimate of drug-likeness (QED) is 0.689. The normalized spacial score (nSPS) is 11.8. The molecule has 0 aliphatic carbocycles. The van der Waals surface area contributed by atoms with Gasteiger partial charge in [0.15, 0.2) is 0 Å². The Bertz CT molecular complexity index is 832. The lowest BCUT2D eigenvalue weighted by molar-refractivity contribution is 0.0939. The van der Waals surface area contributed by atoms with E-state index in [2.05, 4.69) is 34.6 Å². The summed E-state index contributed by atoms with van der Waals surface area (Å²) in [4.78, 5) is 16.2. The number of carbonyl (C=O) groups excluding carboxylic acids is 1. The lowest BCUT2D eigenvalue weighted by Crippen LogP contribution is -2.27. The van der Waals surface area contributed by atoms with E-state index in [4.69, 9.17) is 11.6 Å². The maximum Gasteiger partial charge on any atom is 0.254 e. The zero-order valence-corrected chi connectivity index (χ0v) is 14.0. The topological polar surface area (TPSA) is 42.0 Å². The van der Waals surface area contributed by atoms with Crippen LogP contribution < -0.4 is 5.32 Å². The third kappa shape index (κ3) is 3.63. The third-order valence-corrected chi connectivity index (χ3v) is 4.17. The van der Waals surface area contributed by atoms with Gasteiger partial charge in [-0.2, -0.15) is 0 Å². The van der Waals surface area contributed by atoms with Crippen LogP contribution in [-0.2, 0) is 0 Å². The molecule has 0 fully saturated rings. The molecular weight excluding hydrogens is 320 g/mol. The molecule has 0 saturated heterocycles. The summed E-state index contributed by atoms with van der Waals surface area (Å²) in [6, 6.07) is 21.6. The van der Waals surface area contributed by atoms with Gasteiger partial charge in [-0.1, -0.05) is 66.2 Å². The first-order valence-corrected chi connectivity index (χ1v) is 8.09. The van der Waals surface area contributed by atoms with E-state index in [-0.39, 0.29) is 17.1 Å². The highest BCUT2D eigenvalue weighted by atomic mass is 35.5. The van der Waals surface area contributed by atoms with Crippen molar-refractivity contribution in [3.63, 3.8) is 0 Å². The van der Waals surface area contributed by atoms with Gasteiger partial charge in [-0.25, -0.2) is 4.98 Å². The molecule has 24 heavy (non-hydrogen) atoms. The van der Waals surface area contributed by atoms with Crippen LogP contribution in [0, 0.1) is 0 Å². The van der Waals surface area contributed by atoms with Crippen LogP contribution in [0.15, 0.2) is 72.9 Å². The minimum absolute atomic E-state index is 0.126. The monoisotopic (exact) mass is 336 g/mol. The Morgan fingerprint density at radius 3 is 2.29 bits per heavy atom. The van der Waals surface area contributed by atoms with E-state index >= 15 is 0 Å². The Labute approximate surface area is 146 Å². The summed E-state index contributed by atoms with van der Waals surface area (Å²) in [5, 5.41) is 3.16. The molecule has 3 rings (SSSR count). The van der Waals surface area contributed by atoms with E-state index in [1.165, 1.54) is 5.56 Å². The van der Waals surface area contributed by atoms with Gasteiger partial charge < -0.3 is 5.32 Å². The van der Waals surface area contributed by atoms with E-state index in [1.807, 2.05) is 37.3 Å². The molecule has 0 bridgehead atoms. The smallest absolute Gasteiger partial charge is 0.254 e. The Balaban J connectivity index is 1.73. The highest BCUT2D eigenvalue weighted by Crippen LogP contribution is 2.22. The van der Waals surface area contributed by atoms with Crippen LogP contribution in [0.3, 0.4) is 0 Å². The molecule has 0 aliphatic heterocycles. The van der Waals surface area contributed by atoms with Crippen molar-refractivity contribution in [3.8, 4) is 11.1 Å². The van der Waals surface area contributed by atoms with Crippen molar-refractivity contribution in [2.24, 2.45) is 0 Å². The summed E-state index contributed by atoms with van der Waals surface area (Å²) in [5.74, 6) is -0.229. The fraction of sp³-hybridized carbons (Fsp3) is 0.100. The molecule has 0 aliphatic rings. The molecule has 1 N–H and O–H groups in total. The van der Waals surface area contributed by atoms with Crippen LogP contribution in [0.2, 0.25) is 5.15 Å². The van der Waals surface area contributed by atoms with Crippen LogP contribution in [0.5, 0.6) is 0 Å². The molecule has 3 aromatic rings. The Morgan fingerprint density at radius 2 is 1.62 bits per heavy atom. The third-order valence-electron chi connectivity index (χ3n) is 3.87. The summed E-state index contributed by atoms with van der Waals surface area (Å²) < 4.78 is 0. The SMILES string of the molecule is C[C@H](NC(=O)c1cccnc1Cl)c1ccc(-c2ccccc2)cc1. The highest BCUT2D eigenvalue weighted by Gasteiger charge is 2.14. The number of hydrogen-bond donors (Lipinski definition) is 1. The maximum atomic E-state index is 12.3. The number of aromatic nitrogens is 1. The standard InChI is InChI=1S/C20H17ClN2O/c1-14(23-20(24)18-8-5-13-22-19(18)21)15-9-11-17(12-10-15)16-6-3-2-4-7-16/h2-14H,1H3,(H,23,24)/t14-/m0/s1. The summed E-state index contributed by atoms with van der Waals surface area (Å²) in [7, 11) is 0. The second-order valence-electron chi connectivity index (χ2n) is 5.52. The predicted molar refractivity (Wildman–Crippen MR) is 97.0 cm³/mol.